The lowest BCUT2D eigenvalue weighted by molar-refractivity contribution is -0.130. The summed E-state index contributed by atoms with van der Waals surface area (Å²) in [6.07, 6.45) is 0.433. The molecule has 0 atom stereocenters. The van der Waals surface area contributed by atoms with Crippen molar-refractivity contribution in [1.82, 2.24) is 0 Å². The number of imide groups is 1. The zero-order chi connectivity index (χ0) is 14.2. The highest BCUT2D eigenvalue weighted by Crippen LogP contribution is 2.26. The molecule has 19 heavy (non-hydrogen) atoms. The molecule has 2 rings (SSSR count). The lowest BCUT2D eigenvalue weighted by Gasteiger charge is -2.28. The number of hydrogen-bond donors (Lipinski definition) is 1. The zero-order valence-electron chi connectivity index (χ0n) is 10.2. The first-order valence-electron chi connectivity index (χ1n) is 5.78. The highest BCUT2D eigenvalue weighted by Gasteiger charge is 2.32. The molecule has 1 aromatic rings. The molecule has 1 saturated heterocycles. The van der Waals surface area contributed by atoms with Gasteiger partial charge in [-0.05, 0) is 24.1 Å². The Morgan fingerprint density at radius 2 is 1.89 bits per heavy atom. The molecule has 0 radical (unpaired) electrons. The Balaban J connectivity index is 2.37. The second-order valence-electron chi connectivity index (χ2n) is 4.61. The molecule has 0 unspecified atom stereocenters. The number of carboxylic acids is 1. The third-order valence-electron chi connectivity index (χ3n) is 2.99. The van der Waals surface area contributed by atoms with Gasteiger partial charge in [-0.15, -0.1) is 0 Å². The van der Waals surface area contributed by atoms with Crippen molar-refractivity contribution in [3.05, 3.63) is 29.6 Å². The van der Waals surface area contributed by atoms with E-state index in [2.05, 4.69) is 0 Å². The molecular formula is C13H12FNO4. The fourth-order valence-corrected chi connectivity index (χ4v) is 2.09. The summed E-state index contributed by atoms with van der Waals surface area (Å²) in [5.74, 6) is -3.19. The first kappa shape index (κ1) is 13.2. The molecule has 0 aliphatic carbocycles. The number of carbonyl (C=O) groups excluding carboxylic acids is 2. The van der Waals surface area contributed by atoms with E-state index in [1.165, 1.54) is 6.07 Å². The van der Waals surface area contributed by atoms with Crippen LogP contribution in [0.15, 0.2) is 18.2 Å². The van der Waals surface area contributed by atoms with Gasteiger partial charge in [-0.1, -0.05) is 6.92 Å². The minimum absolute atomic E-state index is 0.0283. The number of piperidine rings is 1. The molecule has 1 aromatic carbocycles. The fourth-order valence-electron chi connectivity index (χ4n) is 2.09. The number of halogens is 1. The van der Waals surface area contributed by atoms with Gasteiger partial charge in [0.1, 0.15) is 5.82 Å². The minimum Gasteiger partial charge on any atom is -0.478 e. The van der Waals surface area contributed by atoms with Gasteiger partial charge in [-0.3, -0.25) is 14.5 Å². The van der Waals surface area contributed by atoms with E-state index in [4.69, 9.17) is 5.11 Å². The number of aromatic carboxylic acids is 1. The molecule has 100 valence electrons. The standard InChI is InChI=1S/C13H12FNO4/c1-7-4-11(16)15(12(17)5-7)8-2-3-9(13(18)19)10(14)6-8/h2-3,6-7H,4-5H2,1H3,(H,18,19). The zero-order valence-corrected chi connectivity index (χ0v) is 10.2. The maximum absolute atomic E-state index is 13.6. The van der Waals surface area contributed by atoms with Crippen LogP contribution in [0.25, 0.3) is 0 Å². The summed E-state index contributed by atoms with van der Waals surface area (Å²) >= 11 is 0. The Morgan fingerprint density at radius 3 is 2.37 bits per heavy atom. The van der Waals surface area contributed by atoms with Gasteiger partial charge < -0.3 is 5.11 Å². The van der Waals surface area contributed by atoms with Gasteiger partial charge in [-0.2, -0.15) is 0 Å². The Hall–Kier alpha value is -2.24. The number of carbonyl (C=O) groups is 3. The molecule has 1 aliphatic heterocycles. The van der Waals surface area contributed by atoms with Crippen LogP contribution in [-0.2, 0) is 9.59 Å². The Labute approximate surface area is 108 Å². The summed E-state index contributed by atoms with van der Waals surface area (Å²) in [5, 5.41) is 8.72. The van der Waals surface area contributed by atoms with Crippen LogP contribution in [0, 0.1) is 11.7 Å². The minimum atomic E-state index is -1.39. The van der Waals surface area contributed by atoms with Crippen molar-refractivity contribution in [2.24, 2.45) is 5.92 Å². The van der Waals surface area contributed by atoms with Crippen LogP contribution in [0.2, 0.25) is 0 Å². The van der Waals surface area contributed by atoms with Crippen LogP contribution in [0.5, 0.6) is 0 Å². The average Bonchev–Trinajstić information content (AvgIpc) is 2.26. The molecule has 6 heteroatoms. The van der Waals surface area contributed by atoms with Crippen LogP contribution < -0.4 is 4.90 Å². The summed E-state index contributed by atoms with van der Waals surface area (Å²) in [4.78, 5) is 35.2. The summed E-state index contributed by atoms with van der Waals surface area (Å²) in [7, 11) is 0. The van der Waals surface area contributed by atoms with Crippen LogP contribution in [0.3, 0.4) is 0 Å². The van der Waals surface area contributed by atoms with Crippen LogP contribution in [-0.4, -0.2) is 22.9 Å². The van der Waals surface area contributed by atoms with Gasteiger partial charge in [0, 0.05) is 12.8 Å². The number of hydrogen-bond acceptors (Lipinski definition) is 3. The van der Waals surface area contributed by atoms with Crippen molar-refractivity contribution in [2.45, 2.75) is 19.8 Å². The van der Waals surface area contributed by atoms with Gasteiger partial charge in [0.05, 0.1) is 11.3 Å². The van der Waals surface area contributed by atoms with Crippen molar-refractivity contribution in [2.75, 3.05) is 4.90 Å². The molecule has 0 bridgehead atoms. The molecule has 2 amide bonds. The van der Waals surface area contributed by atoms with E-state index >= 15 is 0 Å². The van der Waals surface area contributed by atoms with Crippen LogP contribution in [0.4, 0.5) is 10.1 Å². The van der Waals surface area contributed by atoms with Gasteiger partial charge in [0.25, 0.3) is 0 Å². The molecule has 1 aliphatic rings. The molecule has 1 heterocycles. The fraction of sp³-hybridized carbons (Fsp3) is 0.308. The topological polar surface area (TPSA) is 74.7 Å². The molecule has 0 aromatic heterocycles. The maximum atomic E-state index is 13.6. The third-order valence-corrected chi connectivity index (χ3v) is 2.99. The second kappa shape index (κ2) is 4.79. The molecule has 0 spiro atoms. The molecule has 1 fully saturated rings. The van der Waals surface area contributed by atoms with Crippen molar-refractivity contribution in [3.63, 3.8) is 0 Å². The normalized spacial score (nSPS) is 16.8. The predicted octanol–water partition coefficient (Wildman–Crippen LogP) is 1.81. The highest BCUT2D eigenvalue weighted by molar-refractivity contribution is 6.16. The highest BCUT2D eigenvalue weighted by atomic mass is 19.1. The number of rotatable bonds is 2. The molecule has 5 nitrogen and oxygen atoms in total. The Morgan fingerprint density at radius 1 is 1.32 bits per heavy atom. The van der Waals surface area contributed by atoms with Gasteiger partial charge >= 0.3 is 5.97 Å². The van der Waals surface area contributed by atoms with E-state index in [0.717, 1.165) is 17.0 Å². The molecular weight excluding hydrogens is 253 g/mol. The lowest BCUT2D eigenvalue weighted by atomic mass is 9.97. The van der Waals surface area contributed by atoms with E-state index in [1.54, 1.807) is 6.92 Å². The second-order valence-corrected chi connectivity index (χ2v) is 4.61. The SMILES string of the molecule is CC1CC(=O)N(c2ccc(C(=O)O)c(F)c2)C(=O)C1. The van der Waals surface area contributed by atoms with E-state index in [1.807, 2.05) is 0 Å². The first-order valence-corrected chi connectivity index (χ1v) is 5.78. The summed E-state index contributed by atoms with van der Waals surface area (Å²) in [5.41, 5.74) is -0.418. The number of nitrogens with zero attached hydrogens (tertiary/aromatic N) is 1. The van der Waals surface area contributed by atoms with Crippen molar-refractivity contribution < 1.29 is 23.9 Å². The number of anilines is 1. The van der Waals surface area contributed by atoms with Crippen LogP contribution in [0.1, 0.15) is 30.1 Å². The van der Waals surface area contributed by atoms with E-state index in [0.29, 0.717) is 0 Å². The number of benzene rings is 1. The number of amides is 2. The van der Waals surface area contributed by atoms with Gasteiger partial charge in [-0.25, -0.2) is 9.18 Å². The van der Waals surface area contributed by atoms with E-state index in [-0.39, 0.29) is 24.4 Å². The number of carboxylic acid groups (broad SMARTS) is 1. The smallest absolute Gasteiger partial charge is 0.338 e. The van der Waals surface area contributed by atoms with E-state index < -0.39 is 29.2 Å². The van der Waals surface area contributed by atoms with E-state index in [9.17, 15) is 18.8 Å². The van der Waals surface area contributed by atoms with Crippen molar-refractivity contribution >= 4 is 23.5 Å². The monoisotopic (exact) mass is 265 g/mol. The first-order chi connectivity index (χ1) is 8.90. The largest absolute Gasteiger partial charge is 0.478 e. The molecule has 1 N–H and O–H groups in total. The van der Waals surface area contributed by atoms with Gasteiger partial charge in [0.15, 0.2) is 0 Å². The molecule has 0 saturated carbocycles. The summed E-state index contributed by atoms with van der Waals surface area (Å²) < 4.78 is 13.6. The predicted molar refractivity (Wildman–Crippen MR) is 64.3 cm³/mol. The summed E-state index contributed by atoms with van der Waals surface area (Å²) in [6.45, 7) is 1.79. The quantitative estimate of drug-likeness (QED) is 0.827. The van der Waals surface area contributed by atoms with Crippen molar-refractivity contribution in [1.29, 1.82) is 0 Å². The Kier molecular flexibility index (Phi) is 3.33. The van der Waals surface area contributed by atoms with Gasteiger partial charge in [0.2, 0.25) is 11.8 Å². The lowest BCUT2D eigenvalue weighted by Crippen LogP contribution is -2.42. The maximum Gasteiger partial charge on any atom is 0.338 e. The van der Waals surface area contributed by atoms with Crippen LogP contribution >= 0.6 is 0 Å². The average molecular weight is 265 g/mol. The Bertz CT molecular complexity index is 552. The summed E-state index contributed by atoms with van der Waals surface area (Å²) in [6, 6.07) is 3.21. The third kappa shape index (κ3) is 2.47. The van der Waals surface area contributed by atoms with Crippen molar-refractivity contribution in [3.8, 4) is 0 Å².